The van der Waals surface area contributed by atoms with Crippen LogP contribution in [0.15, 0.2) is 30.3 Å². The summed E-state index contributed by atoms with van der Waals surface area (Å²) in [6.07, 6.45) is 4.37. The molecule has 0 unspecified atom stereocenters. The number of aromatic nitrogens is 5. The average molecular weight is 417 g/mol. The summed E-state index contributed by atoms with van der Waals surface area (Å²) in [7, 11) is 0. The molecular weight excluding hydrogens is 388 g/mol. The Morgan fingerprint density at radius 3 is 2.68 bits per heavy atom. The number of hydrogen-bond acceptors (Lipinski definition) is 4. The van der Waals surface area contributed by atoms with Gasteiger partial charge >= 0.3 is 0 Å². The molecule has 0 radical (unpaired) electrons. The van der Waals surface area contributed by atoms with Crippen LogP contribution < -0.4 is 5.32 Å². The van der Waals surface area contributed by atoms with Crippen molar-refractivity contribution in [2.24, 2.45) is 0 Å². The fraction of sp³-hybridized carbons (Fsp3) is 0.417. The van der Waals surface area contributed by atoms with Crippen molar-refractivity contribution in [1.29, 1.82) is 0 Å². The number of pyridine rings is 1. The lowest BCUT2D eigenvalue weighted by Gasteiger charge is -2.24. The number of benzene rings is 1. The summed E-state index contributed by atoms with van der Waals surface area (Å²) in [6, 6.07) is 9.78. The van der Waals surface area contributed by atoms with Gasteiger partial charge in [-0.15, -0.1) is 0 Å². The molecule has 1 N–H and O–H groups in total. The second-order valence-electron chi connectivity index (χ2n) is 9.36. The van der Waals surface area contributed by atoms with E-state index in [9.17, 15) is 4.79 Å². The van der Waals surface area contributed by atoms with Crippen molar-refractivity contribution in [3.8, 4) is 0 Å². The van der Waals surface area contributed by atoms with Gasteiger partial charge in [-0.2, -0.15) is 0 Å². The minimum absolute atomic E-state index is 0.204. The molecule has 5 rings (SSSR count). The first-order chi connectivity index (χ1) is 14.8. The Labute approximate surface area is 181 Å². The predicted octanol–water partition coefficient (Wildman–Crippen LogP) is 4.82. The van der Waals surface area contributed by atoms with Gasteiger partial charge in [0.2, 0.25) is 5.95 Å². The highest BCUT2D eigenvalue weighted by Gasteiger charge is 2.25. The van der Waals surface area contributed by atoms with Crippen LogP contribution in [-0.2, 0) is 18.5 Å². The highest BCUT2D eigenvalue weighted by atomic mass is 16.1. The van der Waals surface area contributed by atoms with Crippen molar-refractivity contribution in [1.82, 2.24) is 24.1 Å². The summed E-state index contributed by atoms with van der Waals surface area (Å²) in [5, 5.41) is 3.07. The third-order valence-corrected chi connectivity index (χ3v) is 5.89. The van der Waals surface area contributed by atoms with E-state index in [0.717, 1.165) is 54.0 Å². The molecule has 4 heterocycles. The molecule has 160 valence electrons. The van der Waals surface area contributed by atoms with E-state index in [2.05, 4.69) is 35.2 Å². The van der Waals surface area contributed by atoms with Crippen LogP contribution in [0.25, 0.3) is 22.2 Å². The second-order valence-corrected chi connectivity index (χ2v) is 9.36. The number of para-hydroxylation sites is 2. The molecule has 0 fully saturated rings. The molecule has 0 atom stereocenters. The van der Waals surface area contributed by atoms with Crippen LogP contribution >= 0.6 is 0 Å². The lowest BCUT2D eigenvalue weighted by Crippen LogP contribution is -2.26. The number of nitrogens with one attached hydrogen (secondary N) is 1. The number of carbonyl (C=O) groups is 1. The molecule has 1 aliphatic rings. The zero-order valence-corrected chi connectivity index (χ0v) is 18.6. The molecule has 1 aromatic carbocycles. The van der Waals surface area contributed by atoms with E-state index in [1.165, 1.54) is 6.42 Å². The SMILES string of the molecule is Cc1cc(C(=O)Nc2nc3ccccc3n2C(C)(C)C)c2nc3n(c2n1)CCCCC3. The van der Waals surface area contributed by atoms with E-state index in [1.807, 2.05) is 37.3 Å². The molecule has 1 aliphatic heterocycles. The van der Waals surface area contributed by atoms with Crippen LogP contribution in [0.3, 0.4) is 0 Å². The topological polar surface area (TPSA) is 77.6 Å². The number of hydrogen-bond donors (Lipinski definition) is 1. The smallest absolute Gasteiger partial charge is 0.260 e. The number of rotatable bonds is 2. The summed E-state index contributed by atoms with van der Waals surface area (Å²) in [6.45, 7) is 9.16. The summed E-state index contributed by atoms with van der Waals surface area (Å²) >= 11 is 0. The Morgan fingerprint density at radius 1 is 1.06 bits per heavy atom. The van der Waals surface area contributed by atoms with Gasteiger partial charge in [0.1, 0.15) is 11.3 Å². The van der Waals surface area contributed by atoms with Crippen LogP contribution in [0.5, 0.6) is 0 Å². The number of carbonyl (C=O) groups excluding carboxylic acids is 1. The predicted molar refractivity (Wildman–Crippen MR) is 123 cm³/mol. The fourth-order valence-corrected chi connectivity index (χ4v) is 4.55. The van der Waals surface area contributed by atoms with Crippen LogP contribution in [0.1, 0.15) is 61.9 Å². The molecule has 0 bridgehead atoms. The standard InChI is InChI=1S/C24H28N6O/c1-15-14-16(20-21(25-15)29-13-9-5-6-12-19(29)27-20)22(31)28-23-26-17-10-7-8-11-18(17)30(23)24(2,3)4/h7-8,10-11,14H,5-6,9,12-13H2,1-4H3,(H,26,28,31). The summed E-state index contributed by atoms with van der Waals surface area (Å²) in [5.74, 6) is 1.37. The fourth-order valence-electron chi connectivity index (χ4n) is 4.55. The number of amides is 1. The van der Waals surface area contributed by atoms with Gasteiger partial charge in [-0.05, 0) is 58.7 Å². The van der Waals surface area contributed by atoms with Gasteiger partial charge in [-0.25, -0.2) is 15.0 Å². The van der Waals surface area contributed by atoms with Crippen molar-refractivity contribution in [2.45, 2.75) is 65.5 Å². The Hall–Kier alpha value is -3.22. The zero-order valence-electron chi connectivity index (χ0n) is 18.6. The van der Waals surface area contributed by atoms with Crippen molar-refractivity contribution >= 4 is 34.1 Å². The molecular formula is C24H28N6O. The third kappa shape index (κ3) is 3.38. The lowest BCUT2D eigenvalue weighted by molar-refractivity contribution is 0.102. The Morgan fingerprint density at radius 2 is 1.87 bits per heavy atom. The lowest BCUT2D eigenvalue weighted by atomic mass is 10.1. The van der Waals surface area contributed by atoms with E-state index < -0.39 is 0 Å². The summed E-state index contributed by atoms with van der Waals surface area (Å²) in [4.78, 5) is 27.8. The maximum atomic E-state index is 13.5. The van der Waals surface area contributed by atoms with E-state index in [0.29, 0.717) is 17.0 Å². The van der Waals surface area contributed by atoms with Gasteiger partial charge in [0.25, 0.3) is 5.91 Å². The maximum Gasteiger partial charge on any atom is 0.260 e. The number of nitrogens with zero attached hydrogens (tertiary/aromatic N) is 5. The number of aryl methyl sites for hydroxylation is 3. The molecule has 0 spiro atoms. The Bertz CT molecular complexity index is 1310. The van der Waals surface area contributed by atoms with Crippen LogP contribution in [0, 0.1) is 6.92 Å². The monoisotopic (exact) mass is 416 g/mol. The molecule has 0 aliphatic carbocycles. The Balaban J connectivity index is 1.61. The highest BCUT2D eigenvalue weighted by molar-refractivity contribution is 6.11. The van der Waals surface area contributed by atoms with E-state index in [1.54, 1.807) is 0 Å². The van der Waals surface area contributed by atoms with Gasteiger partial charge in [0.05, 0.1) is 16.6 Å². The molecule has 4 aromatic rings. The number of anilines is 1. The van der Waals surface area contributed by atoms with Crippen molar-refractivity contribution < 1.29 is 4.79 Å². The summed E-state index contributed by atoms with van der Waals surface area (Å²) < 4.78 is 4.27. The van der Waals surface area contributed by atoms with Gasteiger partial charge in [-0.3, -0.25) is 10.1 Å². The molecule has 0 saturated heterocycles. The quantitative estimate of drug-likeness (QED) is 0.508. The molecule has 0 saturated carbocycles. The Kier molecular flexibility index (Phi) is 4.57. The van der Waals surface area contributed by atoms with Gasteiger partial charge < -0.3 is 9.13 Å². The van der Waals surface area contributed by atoms with Gasteiger partial charge in [0.15, 0.2) is 5.65 Å². The maximum absolute atomic E-state index is 13.5. The first-order valence-corrected chi connectivity index (χ1v) is 11.0. The van der Waals surface area contributed by atoms with Crippen molar-refractivity contribution in [3.63, 3.8) is 0 Å². The molecule has 7 nitrogen and oxygen atoms in total. The van der Waals surface area contributed by atoms with Crippen LogP contribution in [0.4, 0.5) is 5.95 Å². The first kappa shape index (κ1) is 19.7. The molecule has 7 heteroatoms. The molecule has 1 amide bonds. The van der Waals surface area contributed by atoms with Crippen molar-refractivity contribution in [2.75, 3.05) is 5.32 Å². The van der Waals surface area contributed by atoms with Crippen molar-refractivity contribution in [3.05, 3.63) is 47.4 Å². The van der Waals surface area contributed by atoms with E-state index in [-0.39, 0.29) is 11.4 Å². The largest absolute Gasteiger partial charge is 0.313 e. The van der Waals surface area contributed by atoms with Gasteiger partial charge in [0, 0.05) is 24.2 Å². The first-order valence-electron chi connectivity index (χ1n) is 11.0. The minimum atomic E-state index is -0.242. The van der Waals surface area contributed by atoms with E-state index in [4.69, 9.17) is 15.0 Å². The number of fused-ring (bicyclic) bond motifs is 4. The van der Waals surface area contributed by atoms with Gasteiger partial charge in [-0.1, -0.05) is 18.6 Å². The van der Waals surface area contributed by atoms with E-state index >= 15 is 0 Å². The average Bonchev–Trinajstić information content (AvgIpc) is 3.15. The number of imidazole rings is 2. The van der Waals surface area contributed by atoms with Crippen LogP contribution in [0.2, 0.25) is 0 Å². The third-order valence-electron chi connectivity index (χ3n) is 5.89. The zero-order chi connectivity index (χ0) is 21.8. The molecule has 3 aromatic heterocycles. The second kappa shape index (κ2) is 7.18. The molecule has 31 heavy (non-hydrogen) atoms. The summed E-state index contributed by atoms with van der Waals surface area (Å²) in [5.41, 5.74) is 4.47. The normalized spacial score (nSPS) is 14.6. The minimum Gasteiger partial charge on any atom is -0.313 e. The highest BCUT2D eigenvalue weighted by Crippen LogP contribution is 2.29. The van der Waals surface area contributed by atoms with Crippen LogP contribution in [-0.4, -0.2) is 30.0 Å².